The van der Waals surface area contributed by atoms with Crippen molar-refractivity contribution in [3.8, 4) is 5.75 Å². The first-order valence-electron chi connectivity index (χ1n) is 5.81. The van der Waals surface area contributed by atoms with Gasteiger partial charge in [-0.3, -0.25) is 0 Å². The summed E-state index contributed by atoms with van der Waals surface area (Å²) in [7, 11) is -4.17. The van der Waals surface area contributed by atoms with E-state index in [9.17, 15) is 8.42 Å². The molecule has 0 unspecified atom stereocenters. The van der Waals surface area contributed by atoms with Crippen LogP contribution in [-0.2, 0) is 9.84 Å². The molecular formula is C13H13BO5S. The van der Waals surface area contributed by atoms with E-state index in [-0.39, 0.29) is 21.0 Å². The third-order valence-electron chi connectivity index (χ3n) is 2.83. The van der Waals surface area contributed by atoms with Crippen LogP contribution in [0.2, 0.25) is 0 Å². The van der Waals surface area contributed by atoms with E-state index in [0.717, 1.165) is 0 Å². The summed E-state index contributed by atoms with van der Waals surface area (Å²) in [4.78, 5) is 0.0136. The Morgan fingerprint density at radius 1 is 1.05 bits per heavy atom. The van der Waals surface area contributed by atoms with Crippen molar-refractivity contribution in [2.45, 2.75) is 9.79 Å². The molecule has 0 atom stereocenters. The molecule has 2 N–H and O–H groups in total. The van der Waals surface area contributed by atoms with Crippen LogP contribution in [0.3, 0.4) is 0 Å². The predicted molar refractivity (Wildman–Crippen MR) is 74.7 cm³/mol. The van der Waals surface area contributed by atoms with Crippen LogP contribution in [0.4, 0.5) is 0 Å². The molecule has 2 aromatic rings. The standard InChI is InChI=1S/C13H13BO5S/c1-19-12-8-7-10(14(15)16)9-13(12)20(17,18)11-5-3-2-4-6-11/h2-9,15-16H,1H3. The normalized spacial score (nSPS) is 11.2. The first kappa shape index (κ1) is 14.6. The average molecular weight is 292 g/mol. The van der Waals surface area contributed by atoms with Gasteiger partial charge in [-0.05, 0) is 29.7 Å². The highest BCUT2D eigenvalue weighted by atomic mass is 32.2. The van der Waals surface area contributed by atoms with Crippen molar-refractivity contribution < 1.29 is 23.2 Å². The third-order valence-corrected chi connectivity index (χ3v) is 4.62. The molecule has 0 aliphatic rings. The molecule has 0 amide bonds. The van der Waals surface area contributed by atoms with Gasteiger partial charge in [-0.2, -0.15) is 0 Å². The van der Waals surface area contributed by atoms with Crippen molar-refractivity contribution in [3.63, 3.8) is 0 Å². The van der Waals surface area contributed by atoms with E-state index in [1.165, 1.54) is 37.4 Å². The Morgan fingerprint density at radius 3 is 2.25 bits per heavy atom. The highest BCUT2D eigenvalue weighted by Gasteiger charge is 2.24. The first-order valence-corrected chi connectivity index (χ1v) is 7.29. The minimum Gasteiger partial charge on any atom is -0.495 e. The average Bonchev–Trinajstić information content (AvgIpc) is 2.47. The molecule has 0 spiro atoms. The van der Waals surface area contributed by atoms with E-state index in [2.05, 4.69) is 0 Å². The molecule has 7 heteroatoms. The second kappa shape index (κ2) is 5.66. The number of hydrogen-bond donors (Lipinski definition) is 2. The number of rotatable bonds is 4. The van der Waals surface area contributed by atoms with Crippen LogP contribution >= 0.6 is 0 Å². The Hall–Kier alpha value is -1.83. The Bertz CT molecular complexity index is 698. The summed E-state index contributed by atoms with van der Waals surface area (Å²) < 4.78 is 30.1. The first-order chi connectivity index (χ1) is 9.46. The zero-order valence-electron chi connectivity index (χ0n) is 10.7. The lowest BCUT2D eigenvalue weighted by Crippen LogP contribution is -2.30. The number of ether oxygens (including phenoxy) is 1. The van der Waals surface area contributed by atoms with Gasteiger partial charge < -0.3 is 14.8 Å². The summed E-state index contributed by atoms with van der Waals surface area (Å²) >= 11 is 0. The molecule has 0 aromatic heterocycles. The molecule has 2 aromatic carbocycles. The zero-order chi connectivity index (χ0) is 14.8. The molecule has 20 heavy (non-hydrogen) atoms. The van der Waals surface area contributed by atoms with Crippen molar-refractivity contribution in [1.82, 2.24) is 0 Å². The molecule has 104 valence electrons. The molecule has 0 saturated heterocycles. The Labute approximate surface area is 117 Å². The van der Waals surface area contributed by atoms with Crippen molar-refractivity contribution in [3.05, 3.63) is 48.5 Å². The maximum Gasteiger partial charge on any atom is 0.488 e. The second-order valence-corrected chi connectivity index (χ2v) is 6.02. The van der Waals surface area contributed by atoms with Gasteiger partial charge in [0.2, 0.25) is 9.84 Å². The Morgan fingerprint density at radius 2 is 1.70 bits per heavy atom. The highest BCUT2D eigenvalue weighted by Crippen LogP contribution is 2.28. The van der Waals surface area contributed by atoms with E-state index >= 15 is 0 Å². The van der Waals surface area contributed by atoms with E-state index in [0.29, 0.717) is 0 Å². The minimum absolute atomic E-state index is 0.0836. The third kappa shape index (κ3) is 2.70. The van der Waals surface area contributed by atoms with Crippen molar-refractivity contribution in [2.75, 3.05) is 7.11 Å². The van der Waals surface area contributed by atoms with Crippen LogP contribution < -0.4 is 10.2 Å². The smallest absolute Gasteiger partial charge is 0.488 e. The second-order valence-electron chi connectivity index (χ2n) is 4.10. The summed E-state index contributed by atoms with van der Waals surface area (Å²) in [6.45, 7) is 0. The zero-order valence-corrected chi connectivity index (χ0v) is 11.5. The maximum absolute atomic E-state index is 12.5. The van der Waals surface area contributed by atoms with Gasteiger partial charge in [0.15, 0.2) is 0 Å². The Kier molecular flexibility index (Phi) is 4.13. The van der Waals surface area contributed by atoms with E-state index < -0.39 is 17.0 Å². The van der Waals surface area contributed by atoms with E-state index in [1.807, 2.05) is 0 Å². The molecule has 0 aliphatic heterocycles. The van der Waals surface area contributed by atoms with Gasteiger partial charge in [-0.1, -0.05) is 24.3 Å². The predicted octanol–water partition coefficient (Wildman–Crippen LogP) is 0.208. The van der Waals surface area contributed by atoms with Gasteiger partial charge in [0, 0.05) is 0 Å². The molecule has 2 rings (SSSR count). The summed E-state index contributed by atoms with van der Waals surface area (Å²) in [5.74, 6) is 0.151. The van der Waals surface area contributed by atoms with Crippen LogP contribution in [0.15, 0.2) is 58.3 Å². The molecule has 0 saturated carbocycles. The van der Waals surface area contributed by atoms with Crippen LogP contribution in [0.25, 0.3) is 0 Å². The quantitative estimate of drug-likeness (QED) is 0.787. The van der Waals surface area contributed by atoms with E-state index in [4.69, 9.17) is 14.8 Å². The monoisotopic (exact) mass is 292 g/mol. The number of benzene rings is 2. The summed E-state index contributed by atoms with van der Waals surface area (Å²) in [6, 6.07) is 11.9. The van der Waals surface area contributed by atoms with Gasteiger partial charge in [0.1, 0.15) is 10.6 Å². The van der Waals surface area contributed by atoms with Crippen LogP contribution in [0, 0.1) is 0 Å². The fraction of sp³-hybridized carbons (Fsp3) is 0.0769. The molecule has 0 aliphatic carbocycles. The van der Waals surface area contributed by atoms with Crippen molar-refractivity contribution in [2.24, 2.45) is 0 Å². The van der Waals surface area contributed by atoms with Gasteiger partial charge >= 0.3 is 7.12 Å². The SMILES string of the molecule is COc1ccc(B(O)O)cc1S(=O)(=O)c1ccccc1. The molecular weight excluding hydrogens is 279 g/mol. The van der Waals surface area contributed by atoms with Crippen LogP contribution in [-0.4, -0.2) is 32.7 Å². The fourth-order valence-electron chi connectivity index (χ4n) is 1.79. The number of methoxy groups -OCH3 is 1. The van der Waals surface area contributed by atoms with Gasteiger partial charge in [0.25, 0.3) is 0 Å². The fourth-order valence-corrected chi connectivity index (χ4v) is 3.27. The molecule has 5 nitrogen and oxygen atoms in total. The summed E-state index contributed by atoms with van der Waals surface area (Å²) in [5.41, 5.74) is 0.0836. The van der Waals surface area contributed by atoms with Gasteiger partial charge in [0.05, 0.1) is 12.0 Å². The lowest BCUT2D eigenvalue weighted by atomic mass is 9.80. The summed E-state index contributed by atoms with van der Waals surface area (Å²) in [5, 5.41) is 18.3. The molecule has 0 radical (unpaired) electrons. The molecule has 0 heterocycles. The minimum atomic E-state index is -3.78. The number of hydrogen-bond acceptors (Lipinski definition) is 5. The highest BCUT2D eigenvalue weighted by molar-refractivity contribution is 7.91. The van der Waals surface area contributed by atoms with Gasteiger partial charge in [-0.15, -0.1) is 0 Å². The summed E-state index contributed by atoms with van der Waals surface area (Å²) in [6.07, 6.45) is 0. The van der Waals surface area contributed by atoms with E-state index in [1.54, 1.807) is 18.2 Å². The lowest BCUT2D eigenvalue weighted by Gasteiger charge is -2.11. The maximum atomic E-state index is 12.5. The van der Waals surface area contributed by atoms with Crippen LogP contribution in [0.1, 0.15) is 0 Å². The van der Waals surface area contributed by atoms with Crippen molar-refractivity contribution in [1.29, 1.82) is 0 Å². The van der Waals surface area contributed by atoms with Gasteiger partial charge in [-0.25, -0.2) is 8.42 Å². The lowest BCUT2D eigenvalue weighted by molar-refractivity contribution is 0.402. The largest absolute Gasteiger partial charge is 0.495 e. The molecule has 0 fully saturated rings. The Balaban J connectivity index is 2.64. The van der Waals surface area contributed by atoms with Crippen LogP contribution in [0.5, 0.6) is 5.75 Å². The topological polar surface area (TPSA) is 83.8 Å². The number of sulfone groups is 1. The molecule has 0 bridgehead atoms. The van der Waals surface area contributed by atoms with Crippen molar-refractivity contribution >= 4 is 22.4 Å².